The minimum Gasteiger partial charge on any atom is -0.395 e. The van der Waals surface area contributed by atoms with Crippen molar-refractivity contribution < 1.29 is 5.11 Å². The van der Waals surface area contributed by atoms with Crippen LogP contribution in [0, 0.1) is 0 Å². The Bertz CT molecular complexity index is 103. The normalized spacial score (nSPS) is 16.0. The van der Waals surface area contributed by atoms with E-state index in [1.807, 2.05) is 0 Å². The summed E-state index contributed by atoms with van der Waals surface area (Å²) in [4.78, 5) is 0. The zero-order valence-electron chi connectivity index (χ0n) is 8.27. The number of hydrogen-bond acceptors (Lipinski definition) is 3. The SMILES string of the molecule is CCCC(CC)(CN)NCCO. The summed E-state index contributed by atoms with van der Waals surface area (Å²) in [5.41, 5.74) is 5.75. The lowest BCUT2D eigenvalue weighted by atomic mass is 9.91. The van der Waals surface area contributed by atoms with Gasteiger partial charge in [-0.25, -0.2) is 0 Å². The van der Waals surface area contributed by atoms with E-state index < -0.39 is 0 Å². The predicted molar refractivity (Wildman–Crippen MR) is 52.1 cm³/mol. The molecular weight excluding hydrogens is 152 g/mol. The van der Waals surface area contributed by atoms with Gasteiger partial charge in [-0.3, -0.25) is 0 Å². The van der Waals surface area contributed by atoms with E-state index in [2.05, 4.69) is 19.2 Å². The summed E-state index contributed by atoms with van der Waals surface area (Å²) in [6.07, 6.45) is 3.24. The van der Waals surface area contributed by atoms with Crippen molar-refractivity contribution in [2.24, 2.45) is 5.73 Å². The average molecular weight is 174 g/mol. The number of hydrogen-bond donors (Lipinski definition) is 3. The molecule has 0 amide bonds. The maximum atomic E-state index is 8.69. The van der Waals surface area contributed by atoms with Crippen LogP contribution in [0.3, 0.4) is 0 Å². The lowest BCUT2D eigenvalue weighted by molar-refractivity contribution is 0.239. The van der Waals surface area contributed by atoms with Gasteiger partial charge in [0.25, 0.3) is 0 Å². The van der Waals surface area contributed by atoms with Crippen molar-refractivity contribution in [1.29, 1.82) is 0 Å². The van der Waals surface area contributed by atoms with Crippen LogP contribution in [0.1, 0.15) is 33.1 Å². The monoisotopic (exact) mass is 174 g/mol. The Morgan fingerprint density at radius 3 is 2.42 bits per heavy atom. The third kappa shape index (κ3) is 3.52. The van der Waals surface area contributed by atoms with E-state index in [0.717, 1.165) is 19.3 Å². The fraction of sp³-hybridized carbons (Fsp3) is 1.00. The molecule has 12 heavy (non-hydrogen) atoms. The zero-order chi connectivity index (χ0) is 9.45. The first-order valence-electron chi connectivity index (χ1n) is 4.80. The van der Waals surface area contributed by atoms with Gasteiger partial charge in [-0.2, -0.15) is 0 Å². The van der Waals surface area contributed by atoms with Crippen LogP contribution in [-0.2, 0) is 0 Å². The Kier molecular flexibility index (Phi) is 6.34. The molecule has 0 spiro atoms. The second-order valence-electron chi connectivity index (χ2n) is 3.24. The van der Waals surface area contributed by atoms with Gasteiger partial charge in [0.2, 0.25) is 0 Å². The molecule has 0 aromatic carbocycles. The molecule has 0 aliphatic heterocycles. The summed E-state index contributed by atoms with van der Waals surface area (Å²) in [6, 6.07) is 0. The molecule has 0 aliphatic rings. The van der Waals surface area contributed by atoms with E-state index in [1.54, 1.807) is 0 Å². The molecule has 0 saturated heterocycles. The summed E-state index contributed by atoms with van der Waals surface area (Å²) in [5, 5.41) is 12.0. The van der Waals surface area contributed by atoms with Crippen molar-refractivity contribution in [2.75, 3.05) is 19.7 Å². The van der Waals surface area contributed by atoms with Crippen molar-refractivity contribution in [3.05, 3.63) is 0 Å². The van der Waals surface area contributed by atoms with Gasteiger partial charge in [0.15, 0.2) is 0 Å². The first-order chi connectivity index (χ1) is 5.74. The fourth-order valence-electron chi connectivity index (χ4n) is 1.51. The van der Waals surface area contributed by atoms with Crippen LogP contribution in [0.4, 0.5) is 0 Å². The van der Waals surface area contributed by atoms with Gasteiger partial charge >= 0.3 is 0 Å². The Labute approximate surface area is 75.3 Å². The number of rotatable bonds is 7. The Balaban J connectivity index is 3.95. The van der Waals surface area contributed by atoms with Crippen LogP contribution in [0.2, 0.25) is 0 Å². The maximum absolute atomic E-state index is 8.69. The lowest BCUT2D eigenvalue weighted by Gasteiger charge is -2.32. The highest BCUT2D eigenvalue weighted by Crippen LogP contribution is 2.15. The predicted octanol–water partition coefficient (Wildman–Crippen LogP) is 0.476. The summed E-state index contributed by atoms with van der Waals surface area (Å²) >= 11 is 0. The van der Waals surface area contributed by atoms with E-state index in [1.165, 1.54) is 0 Å². The van der Waals surface area contributed by atoms with Gasteiger partial charge in [0, 0.05) is 18.6 Å². The van der Waals surface area contributed by atoms with Gasteiger partial charge in [0.1, 0.15) is 0 Å². The molecule has 1 atom stereocenters. The number of aliphatic hydroxyl groups is 1. The van der Waals surface area contributed by atoms with Crippen LogP contribution >= 0.6 is 0 Å². The minimum atomic E-state index is 0.0531. The maximum Gasteiger partial charge on any atom is 0.0556 e. The van der Waals surface area contributed by atoms with E-state index >= 15 is 0 Å². The van der Waals surface area contributed by atoms with Gasteiger partial charge < -0.3 is 16.2 Å². The summed E-state index contributed by atoms with van der Waals surface area (Å²) < 4.78 is 0. The van der Waals surface area contributed by atoms with Gasteiger partial charge in [-0.05, 0) is 12.8 Å². The molecule has 4 N–H and O–H groups in total. The molecule has 0 saturated carbocycles. The Morgan fingerprint density at radius 2 is 2.08 bits per heavy atom. The molecule has 0 aliphatic carbocycles. The highest BCUT2D eigenvalue weighted by Gasteiger charge is 2.23. The van der Waals surface area contributed by atoms with Crippen LogP contribution in [0.5, 0.6) is 0 Å². The lowest BCUT2D eigenvalue weighted by Crippen LogP contribution is -2.51. The van der Waals surface area contributed by atoms with E-state index in [9.17, 15) is 0 Å². The molecule has 0 fully saturated rings. The Hall–Kier alpha value is -0.120. The van der Waals surface area contributed by atoms with Crippen LogP contribution < -0.4 is 11.1 Å². The summed E-state index contributed by atoms with van der Waals surface area (Å²) in [7, 11) is 0. The third-order valence-corrected chi connectivity index (χ3v) is 2.41. The fourth-order valence-corrected chi connectivity index (χ4v) is 1.51. The van der Waals surface area contributed by atoms with Crippen molar-refractivity contribution >= 4 is 0 Å². The zero-order valence-corrected chi connectivity index (χ0v) is 8.27. The molecule has 3 nitrogen and oxygen atoms in total. The first kappa shape index (κ1) is 11.9. The van der Waals surface area contributed by atoms with Crippen LogP contribution in [-0.4, -0.2) is 30.3 Å². The van der Waals surface area contributed by atoms with Crippen molar-refractivity contribution in [3.8, 4) is 0 Å². The van der Waals surface area contributed by atoms with E-state index in [-0.39, 0.29) is 12.1 Å². The van der Waals surface area contributed by atoms with Crippen molar-refractivity contribution in [1.82, 2.24) is 5.32 Å². The summed E-state index contributed by atoms with van der Waals surface area (Å²) in [5.74, 6) is 0. The molecule has 0 radical (unpaired) electrons. The molecule has 0 heterocycles. The molecule has 0 rings (SSSR count). The third-order valence-electron chi connectivity index (χ3n) is 2.41. The topological polar surface area (TPSA) is 58.3 Å². The quantitative estimate of drug-likeness (QED) is 0.526. The molecule has 0 aromatic heterocycles. The molecule has 0 aromatic rings. The largest absolute Gasteiger partial charge is 0.395 e. The molecule has 0 bridgehead atoms. The van der Waals surface area contributed by atoms with Crippen LogP contribution in [0.15, 0.2) is 0 Å². The molecule has 74 valence electrons. The molecular formula is C9H22N2O. The van der Waals surface area contributed by atoms with Crippen molar-refractivity contribution in [2.45, 2.75) is 38.6 Å². The first-order valence-corrected chi connectivity index (χ1v) is 4.80. The van der Waals surface area contributed by atoms with E-state index in [4.69, 9.17) is 10.8 Å². The van der Waals surface area contributed by atoms with Crippen molar-refractivity contribution in [3.63, 3.8) is 0 Å². The molecule has 3 heteroatoms. The van der Waals surface area contributed by atoms with Gasteiger partial charge in [0.05, 0.1) is 6.61 Å². The second-order valence-corrected chi connectivity index (χ2v) is 3.24. The highest BCUT2D eigenvalue weighted by atomic mass is 16.3. The minimum absolute atomic E-state index is 0.0531. The molecule has 1 unspecified atom stereocenters. The number of aliphatic hydroxyl groups excluding tert-OH is 1. The number of nitrogens with two attached hydrogens (primary N) is 1. The Morgan fingerprint density at radius 1 is 1.42 bits per heavy atom. The second kappa shape index (κ2) is 6.40. The van der Waals surface area contributed by atoms with Crippen LogP contribution in [0.25, 0.3) is 0 Å². The summed E-state index contributed by atoms with van der Waals surface area (Å²) in [6.45, 7) is 5.77. The standard InChI is InChI=1S/C9H22N2O/c1-3-5-9(4-2,8-10)11-6-7-12/h11-12H,3-8,10H2,1-2H3. The smallest absolute Gasteiger partial charge is 0.0556 e. The number of β-amino-alcohol motifs (C(OH)–C–C–N with tert-alkyl or cyclic N) is 1. The van der Waals surface area contributed by atoms with Gasteiger partial charge in [-0.15, -0.1) is 0 Å². The van der Waals surface area contributed by atoms with Gasteiger partial charge in [-0.1, -0.05) is 20.3 Å². The average Bonchev–Trinajstić information content (AvgIpc) is 2.13. The highest BCUT2D eigenvalue weighted by molar-refractivity contribution is 4.87. The van der Waals surface area contributed by atoms with E-state index in [0.29, 0.717) is 13.1 Å². The number of nitrogens with one attached hydrogen (secondary N) is 1.